The van der Waals surface area contributed by atoms with Crippen LogP contribution in [0.3, 0.4) is 0 Å². The molecule has 1 rings (SSSR count). The van der Waals surface area contributed by atoms with Gasteiger partial charge in [0.25, 0.3) is 0 Å². The van der Waals surface area contributed by atoms with Gasteiger partial charge in [-0.25, -0.2) is 4.79 Å². The second kappa shape index (κ2) is 6.49. The van der Waals surface area contributed by atoms with Crippen LogP contribution in [0.2, 0.25) is 0 Å². The summed E-state index contributed by atoms with van der Waals surface area (Å²) < 4.78 is 4.91. The first-order valence-corrected chi connectivity index (χ1v) is 4.80. The molecule has 4 nitrogen and oxygen atoms in total. The molecule has 1 atom stereocenters. The number of carbonyl (C=O) groups is 1. The van der Waals surface area contributed by atoms with Gasteiger partial charge in [-0.15, -0.1) is 6.42 Å². The van der Waals surface area contributed by atoms with Gasteiger partial charge in [0, 0.05) is 0 Å². The molecule has 0 aliphatic heterocycles. The first-order chi connectivity index (χ1) is 7.76. The maximum atomic E-state index is 11.2. The zero-order valence-electron chi connectivity index (χ0n) is 8.72. The molecule has 0 saturated heterocycles. The summed E-state index contributed by atoms with van der Waals surface area (Å²) >= 11 is 0. The lowest BCUT2D eigenvalue weighted by Crippen LogP contribution is -2.36. The van der Waals surface area contributed by atoms with Gasteiger partial charge in [0.2, 0.25) is 0 Å². The van der Waals surface area contributed by atoms with Gasteiger partial charge in [0.1, 0.15) is 12.6 Å². The van der Waals surface area contributed by atoms with Gasteiger partial charge in [-0.05, 0) is 5.56 Å². The Balaban J connectivity index is 2.34. The lowest BCUT2D eigenvalue weighted by atomic mass is 10.2. The molecule has 2 N–H and O–H groups in total. The zero-order chi connectivity index (χ0) is 11.8. The summed E-state index contributed by atoms with van der Waals surface area (Å²) in [4.78, 5) is 11.2. The number of benzene rings is 1. The fourth-order valence-corrected chi connectivity index (χ4v) is 1.05. The molecule has 1 amide bonds. The summed E-state index contributed by atoms with van der Waals surface area (Å²) in [5.74, 6) is 2.22. The standard InChI is InChI=1S/C12H13NO3/c1-2-11(8-14)13-12(15)16-9-10-6-4-3-5-7-10/h1,3-7,11,14H,8-9H2,(H,13,15). The van der Waals surface area contributed by atoms with Gasteiger partial charge in [-0.2, -0.15) is 0 Å². The largest absolute Gasteiger partial charge is 0.445 e. The molecule has 0 spiro atoms. The predicted molar refractivity (Wildman–Crippen MR) is 59.5 cm³/mol. The van der Waals surface area contributed by atoms with Crippen LogP contribution in [-0.4, -0.2) is 23.8 Å². The second-order valence-corrected chi connectivity index (χ2v) is 3.11. The van der Waals surface area contributed by atoms with E-state index in [-0.39, 0.29) is 13.2 Å². The number of terminal acetylenes is 1. The molecule has 16 heavy (non-hydrogen) atoms. The Bertz CT molecular complexity index is 370. The van der Waals surface area contributed by atoms with Crippen molar-refractivity contribution in [2.45, 2.75) is 12.6 Å². The van der Waals surface area contributed by atoms with Crippen LogP contribution in [0.15, 0.2) is 30.3 Å². The normalized spacial score (nSPS) is 11.2. The molecular formula is C12H13NO3. The van der Waals surface area contributed by atoms with Crippen molar-refractivity contribution in [2.75, 3.05) is 6.61 Å². The zero-order valence-corrected chi connectivity index (χ0v) is 8.72. The van der Waals surface area contributed by atoms with Gasteiger partial charge in [0.05, 0.1) is 6.61 Å². The van der Waals surface area contributed by atoms with Crippen LogP contribution in [0.25, 0.3) is 0 Å². The number of alkyl carbamates (subject to hydrolysis) is 1. The van der Waals surface area contributed by atoms with Crippen LogP contribution >= 0.6 is 0 Å². The number of nitrogens with one attached hydrogen (secondary N) is 1. The predicted octanol–water partition coefficient (Wildman–Crippen LogP) is 0.907. The number of carbonyl (C=O) groups excluding carboxylic acids is 1. The quantitative estimate of drug-likeness (QED) is 0.740. The lowest BCUT2D eigenvalue weighted by Gasteiger charge is -2.10. The molecule has 0 fully saturated rings. The number of ether oxygens (including phenoxy) is 1. The molecule has 0 radical (unpaired) electrons. The van der Waals surface area contributed by atoms with Gasteiger partial charge in [-0.3, -0.25) is 0 Å². The van der Waals surface area contributed by atoms with E-state index >= 15 is 0 Å². The number of aliphatic hydroxyl groups excluding tert-OH is 1. The Morgan fingerprint density at radius 2 is 2.19 bits per heavy atom. The molecule has 0 aliphatic carbocycles. The maximum Gasteiger partial charge on any atom is 0.408 e. The number of hydrogen-bond acceptors (Lipinski definition) is 3. The molecule has 0 aromatic heterocycles. The van der Waals surface area contributed by atoms with E-state index in [4.69, 9.17) is 16.3 Å². The molecule has 0 aliphatic rings. The highest BCUT2D eigenvalue weighted by Crippen LogP contribution is 2.00. The average molecular weight is 219 g/mol. The van der Waals surface area contributed by atoms with Crippen molar-refractivity contribution in [1.29, 1.82) is 0 Å². The minimum absolute atomic E-state index is 0.176. The van der Waals surface area contributed by atoms with Crippen LogP contribution in [0.5, 0.6) is 0 Å². The number of hydrogen-bond donors (Lipinski definition) is 2. The third kappa shape index (κ3) is 4.03. The minimum Gasteiger partial charge on any atom is -0.445 e. The van der Waals surface area contributed by atoms with E-state index < -0.39 is 12.1 Å². The molecule has 0 saturated carbocycles. The van der Waals surface area contributed by atoms with E-state index in [2.05, 4.69) is 11.2 Å². The first-order valence-electron chi connectivity index (χ1n) is 4.80. The van der Waals surface area contributed by atoms with Crippen LogP contribution in [0.4, 0.5) is 4.79 Å². The van der Waals surface area contributed by atoms with Crippen LogP contribution < -0.4 is 5.32 Å². The van der Waals surface area contributed by atoms with Gasteiger partial charge < -0.3 is 15.2 Å². The van der Waals surface area contributed by atoms with Crippen molar-refractivity contribution in [3.63, 3.8) is 0 Å². The van der Waals surface area contributed by atoms with E-state index in [0.717, 1.165) is 5.56 Å². The summed E-state index contributed by atoms with van der Waals surface area (Å²) in [5.41, 5.74) is 0.888. The Hall–Kier alpha value is -1.99. The smallest absolute Gasteiger partial charge is 0.408 e. The third-order valence-corrected chi connectivity index (χ3v) is 1.89. The monoisotopic (exact) mass is 219 g/mol. The molecule has 1 unspecified atom stereocenters. The number of rotatable bonds is 4. The van der Waals surface area contributed by atoms with Crippen LogP contribution in [0.1, 0.15) is 5.56 Å². The highest BCUT2D eigenvalue weighted by molar-refractivity contribution is 5.68. The SMILES string of the molecule is C#CC(CO)NC(=O)OCc1ccccc1. The Morgan fingerprint density at radius 1 is 1.50 bits per heavy atom. The molecule has 1 aromatic carbocycles. The van der Waals surface area contributed by atoms with E-state index in [1.807, 2.05) is 30.3 Å². The highest BCUT2D eigenvalue weighted by Gasteiger charge is 2.08. The number of amides is 1. The summed E-state index contributed by atoms with van der Waals surface area (Å²) in [6, 6.07) is 8.58. The van der Waals surface area contributed by atoms with Crippen molar-refractivity contribution < 1.29 is 14.6 Å². The minimum atomic E-state index is -0.705. The third-order valence-electron chi connectivity index (χ3n) is 1.89. The van der Waals surface area contributed by atoms with Crippen molar-refractivity contribution >= 4 is 6.09 Å². The van der Waals surface area contributed by atoms with Crippen molar-refractivity contribution in [1.82, 2.24) is 5.32 Å². The summed E-state index contributed by atoms with van der Waals surface area (Å²) in [7, 11) is 0. The summed E-state index contributed by atoms with van der Waals surface area (Å²) in [5, 5.41) is 11.1. The fraction of sp³-hybridized carbons (Fsp3) is 0.250. The first kappa shape index (κ1) is 12.1. The second-order valence-electron chi connectivity index (χ2n) is 3.11. The maximum absolute atomic E-state index is 11.2. The van der Waals surface area contributed by atoms with E-state index in [9.17, 15) is 4.79 Å². The number of aliphatic hydroxyl groups is 1. The molecule has 84 valence electrons. The molecule has 4 heteroatoms. The van der Waals surface area contributed by atoms with Crippen LogP contribution in [0, 0.1) is 12.3 Å². The van der Waals surface area contributed by atoms with Crippen molar-refractivity contribution in [3.8, 4) is 12.3 Å². The molecule has 0 bridgehead atoms. The van der Waals surface area contributed by atoms with Gasteiger partial charge in [-0.1, -0.05) is 36.3 Å². The topological polar surface area (TPSA) is 58.6 Å². The summed E-state index contributed by atoms with van der Waals surface area (Å²) in [6.07, 6.45) is 4.42. The summed E-state index contributed by atoms with van der Waals surface area (Å²) in [6.45, 7) is -0.133. The van der Waals surface area contributed by atoms with E-state index in [0.29, 0.717) is 0 Å². The average Bonchev–Trinajstić information content (AvgIpc) is 2.34. The Kier molecular flexibility index (Phi) is 4.90. The van der Waals surface area contributed by atoms with Crippen LogP contribution in [-0.2, 0) is 11.3 Å². The van der Waals surface area contributed by atoms with Crippen molar-refractivity contribution in [3.05, 3.63) is 35.9 Å². The Labute approximate surface area is 94.2 Å². The van der Waals surface area contributed by atoms with Gasteiger partial charge >= 0.3 is 6.09 Å². The molecule has 1 aromatic rings. The van der Waals surface area contributed by atoms with Gasteiger partial charge in [0.15, 0.2) is 0 Å². The Morgan fingerprint density at radius 3 is 2.75 bits per heavy atom. The fourth-order valence-electron chi connectivity index (χ4n) is 1.05. The molecule has 0 heterocycles. The van der Waals surface area contributed by atoms with Crippen molar-refractivity contribution in [2.24, 2.45) is 0 Å². The van der Waals surface area contributed by atoms with E-state index in [1.54, 1.807) is 0 Å². The van der Waals surface area contributed by atoms with E-state index in [1.165, 1.54) is 0 Å². The highest BCUT2D eigenvalue weighted by atomic mass is 16.5. The molecular weight excluding hydrogens is 206 g/mol. The lowest BCUT2D eigenvalue weighted by molar-refractivity contribution is 0.133.